The van der Waals surface area contributed by atoms with Gasteiger partial charge in [0.1, 0.15) is 0 Å². The Bertz CT molecular complexity index is 631. The minimum atomic E-state index is -0.387. The molecule has 2 heterocycles. The van der Waals surface area contributed by atoms with E-state index in [9.17, 15) is 4.79 Å². The van der Waals surface area contributed by atoms with Crippen LogP contribution in [-0.2, 0) is 0 Å². The molecular weight excluding hydrogens is 262 g/mol. The topological polar surface area (TPSA) is 83.4 Å². The molecule has 0 aliphatic rings. The van der Waals surface area contributed by atoms with Crippen LogP contribution in [0.15, 0.2) is 24.5 Å². The van der Waals surface area contributed by atoms with Gasteiger partial charge in [0.25, 0.3) is 0 Å². The molecule has 0 radical (unpaired) electrons. The third-order valence-corrected chi connectivity index (χ3v) is 2.55. The summed E-state index contributed by atoms with van der Waals surface area (Å²) < 4.78 is 15.1. The van der Waals surface area contributed by atoms with Crippen molar-refractivity contribution in [3.05, 3.63) is 35.8 Å². The Hall–Kier alpha value is -2.70. The van der Waals surface area contributed by atoms with E-state index >= 15 is 0 Å². The predicted octanol–water partition coefficient (Wildman–Crippen LogP) is 1.13. The van der Waals surface area contributed by atoms with Gasteiger partial charge in [-0.05, 0) is 12.1 Å². The van der Waals surface area contributed by atoms with Crippen molar-refractivity contribution in [2.24, 2.45) is 0 Å². The number of rotatable bonds is 5. The van der Waals surface area contributed by atoms with E-state index in [1.165, 1.54) is 33.7 Å². The maximum atomic E-state index is 12.5. The lowest BCUT2D eigenvalue weighted by molar-refractivity contribution is 0.102. The molecule has 2 rings (SSSR count). The Kier molecular flexibility index (Phi) is 4.09. The van der Waals surface area contributed by atoms with Crippen molar-refractivity contribution in [1.82, 2.24) is 15.0 Å². The van der Waals surface area contributed by atoms with Gasteiger partial charge in [0.2, 0.25) is 23.4 Å². The molecule has 7 heteroatoms. The van der Waals surface area contributed by atoms with Crippen molar-refractivity contribution in [2.45, 2.75) is 0 Å². The molecule has 0 atom stereocenters. The van der Waals surface area contributed by atoms with Crippen LogP contribution in [0.2, 0.25) is 0 Å². The lowest BCUT2D eigenvalue weighted by atomic mass is 10.1. The van der Waals surface area contributed by atoms with Crippen LogP contribution in [0, 0.1) is 0 Å². The van der Waals surface area contributed by atoms with Gasteiger partial charge in [-0.3, -0.25) is 4.79 Å². The fourth-order valence-corrected chi connectivity index (χ4v) is 1.61. The first kappa shape index (κ1) is 13.7. The number of hydrogen-bond donors (Lipinski definition) is 0. The van der Waals surface area contributed by atoms with Crippen LogP contribution in [0.25, 0.3) is 0 Å². The number of hydrogen-bond acceptors (Lipinski definition) is 7. The molecule has 0 N–H and O–H groups in total. The molecular formula is C13H13N3O4. The van der Waals surface area contributed by atoms with Gasteiger partial charge in [0.15, 0.2) is 5.69 Å². The van der Waals surface area contributed by atoms with Gasteiger partial charge in [0, 0.05) is 6.20 Å². The van der Waals surface area contributed by atoms with Gasteiger partial charge in [-0.15, -0.1) is 0 Å². The summed E-state index contributed by atoms with van der Waals surface area (Å²) in [6.07, 6.45) is 2.88. The number of ketones is 1. The van der Waals surface area contributed by atoms with Crippen LogP contribution in [0.3, 0.4) is 0 Å². The van der Waals surface area contributed by atoms with Gasteiger partial charge in [-0.2, -0.15) is 4.98 Å². The van der Waals surface area contributed by atoms with E-state index in [1.54, 1.807) is 12.1 Å². The SMILES string of the molecule is COc1cnc(C(=O)c2cccnc2OC)c(OC)n1. The number of aromatic nitrogens is 3. The Balaban J connectivity index is 2.48. The molecule has 0 bridgehead atoms. The second-order valence-electron chi connectivity index (χ2n) is 3.66. The standard InChI is InChI=1S/C13H13N3O4/c1-18-9-7-15-10(13(16-9)20-3)11(17)8-5-4-6-14-12(8)19-2/h4-7H,1-3H3. The van der Waals surface area contributed by atoms with Crippen molar-refractivity contribution in [3.8, 4) is 17.6 Å². The van der Waals surface area contributed by atoms with Crippen LogP contribution in [0.1, 0.15) is 16.1 Å². The Labute approximate surface area is 115 Å². The average Bonchev–Trinajstić information content (AvgIpc) is 2.53. The molecule has 0 amide bonds. The highest BCUT2D eigenvalue weighted by atomic mass is 16.5. The number of nitrogens with zero attached hydrogens (tertiary/aromatic N) is 3. The molecule has 0 saturated heterocycles. The van der Waals surface area contributed by atoms with Crippen molar-refractivity contribution in [3.63, 3.8) is 0 Å². The predicted molar refractivity (Wildman–Crippen MR) is 69.4 cm³/mol. The van der Waals surface area contributed by atoms with Crippen molar-refractivity contribution >= 4 is 5.78 Å². The van der Waals surface area contributed by atoms with Gasteiger partial charge in [0.05, 0.1) is 33.1 Å². The first-order valence-electron chi connectivity index (χ1n) is 5.70. The molecule has 0 fully saturated rings. The van der Waals surface area contributed by atoms with Crippen LogP contribution >= 0.6 is 0 Å². The fraction of sp³-hybridized carbons (Fsp3) is 0.231. The average molecular weight is 275 g/mol. The zero-order chi connectivity index (χ0) is 14.5. The third kappa shape index (κ3) is 2.51. The molecule has 7 nitrogen and oxygen atoms in total. The summed E-state index contributed by atoms with van der Waals surface area (Å²) in [6, 6.07) is 3.23. The van der Waals surface area contributed by atoms with E-state index in [-0.39, 0.29) is 34.7 Å². The molecule has 0 saturated carbocycles. The molecule has 2 aromatic rings. The van der Waals surface area contributed by atoms with E-state index in [0.717, 1.165) is 0 Å². The second-order valence-corrected chi connectivity index (χ2v) is 3.66. The molecule has 0 unspecified atom stereocenters. The summed E-state index contributed by atoms with van der Waals surface area (Å²) in [5, 5.41) is 0. The Morgan fingerprint density at radius 1 is 1.05 bits per heavy atom. The molecule has 0 spiro atoms. The first-order valence-corrected chi connectivity index (χ1v) is 5.70. The molecule has 2 aromatic heterocycles. The fourth-order valence-electron chi connectivity index (χ4n) is 1.61. The largest absolute Gasteiger partial charge is 0.480 e. The Morgan fingerprint density at radius 3 is 2.45 bits per heavy atom. The Morgan fingerprint density at radius 2 is 1.80 bits per heavy atom. The third-order valence-electron chi connectivity index (χ3n) is 2.55. The monoisotopic (exact) mass is 275 g/mol. The van der Waals surface area contributed by atoms with Gasteiger partial charge < -0.3 is 14.2 Å². The minimum Gasteiger partial charge on any atom is -0.480 e. The van der Waals surface area contributed by atoms with Gasteiger partial charge in [-0.25, -0.2) is 9.97 Å². The van der Waals surface area contributed by atoms with E-state index in [4.69, 9.17) is 14.2 Å². The molecule has 0 aliphatic heterocycles. The van der Waals surface area contributed by atoms with E-state index in [0.29, 0.717) is 0 Å². The number of methoxy groups -OCH3 is 3. The molecule has 0 aliphatic carbocycles. The van der Waals surface area contributed by atoms with Crippen molar-refractivity contribution in [1.29, 1.82) is 0 Å². The van der Waals surface area contributed by atoms with Crippen LogP contribution in [0.5, 0.6) is 17.6 Å². The molecule has 0 aromatic carbocycles. The summed E-state index contributed by atoms with van der Waals surface area (Å²) in [7, 11) is 4.30. The molecule has 104 valence electrons. The lowest BCUT2D eigenvalue weighted by Gasteiger charge is -2.09. The van der Waals surface area contributed by atoms with Gasteiger partial charge >= 0.3 is 0 Å². The maximum Gasteiger partial charge on any atom is 0.247 e. The van der Waals surface area contributed by atoms with Crippen LogP contribution in [-0.4, -0.2) is 42.1 Å². The van der Waals surface area contributed by atoms with Crippen LogP contribution < -0.4 is 14.2 Å². The summed E-state index contributed by atoms with van der Waals surface area (Å²) >= 11 is 0. The summed E-state index contributed by atoms with van der Waals surface area (Å²) in [5.41, 5.74) is 0.354. The zero-order valence-corrected chi connectivity index (χ0v) is 11.3. The van der Waals surface area contributed by atoms with Crippen molar-refractivity contribution in [2.75, 3.05) is 21.3 Å². The smallest absolute Gasteiger partial charge is 0.247 e. The first-order chi connectivity index (χ1) is 9.71. The normalized spacial score (nSPS) is 9.95. The number of carbonyl (C=O) groups is 1. The van der Waals surface area contributed by atoms with E-state index < -0.39 is 0 Å². The highest BCUT2D eigenvalue weighted by Crippen LogP contribution is 2.23. The number of ether oxygens (including phenoxy) is 3. The quantitative estimate of drug-likeness (QED) is 0.756. The highest BCUT2D eigenvalue weighted by Gasteiger charge is 2.22. The van der Waals surface area contributed by atoms with E-state index in [1.807, 2.05) is 0 Å². The second kappa shape index (κ2) is 5.96. The lowest BCUT2D eigenvalue weighted by Crippen LogP contribution is -2.10. The number of pyridine rings is 1. The molecule has 20 heavy (non-hydrogen) atoms. The van der Waals surface area contributed by atoms with Crippen molar-refractivity contribution < 1.29 is 19.0 Å². The van der Waals surface area contributed by atoms with E-state index in [2.05, 4.69) is 15.0 Å². The zero-order valence-electron chi connectivity index (χ0n) is 11.3. The minimum absolute atomic E-state index is 0.0691. The maximum absolute atomic E-state index is 12.5. The summed E-state index contributed by atoms with van der Waals surface area (Å²) in [5.74, 6) is 0.177. The summed E-state index contributed by atoms with van der Waals surface area (Å²) in [4.78, 5) is 24.5. The summed E-state index contributed by atoms with van der Waals surface area (Å²) in [6.45, 7) is 0. The van der Waals surface area contributed by atoms with Gasteiger partial charge in [-0.1, -0.05) is 0 Å². The number of carbonyl (C=O) groups excluding carboxylic acids is 1. The van der Waals surface area contributed by atoms with Crippen LogP contribution in [0.4, 0.5) is 0 Å². The highest BCUT2D eigenvalue weighted by molar-refractivity contribution is 6.10.